The quantitative estimate of drug-likeness (QED) is 0.395. The van der Waals surface area contributed by atoms with Crippen LogP contribution >= 0.6 is 0 Å². The zero-order chi connectivity index (χ0) is 23.5. The maximum Gasteiger partial charge on any atom is 0.161 e. The van der Waals surface area contributed by atoms with E-state index in [1.807, 2.05) is 30.5 Å². The third-order valence-corrected chi connectivity index (χ3v) is 7.29. The molecule has 2 aromatic carbocycles. The number of hydrogen-bond acceptors (Lipinski definition) is 7. The molecule has 0 aliphatic carbocycles. The average molecular weight is 476 g/mol. The first kappa shape index (κ1) is 22.2. The number of benzene rings is 2. The van der Waals surface area contributed by atoms with Gasteiger partial charge in [0.25, 0.3) is 0 Å². The molecule has 1 saturated heterocycles. The van der Waals surface area contributed by atoms with Crippen molar-refractivity contribution >= 4 is 32.8 Å². The molecule has 8 nitrogen and oxygen atoms in total. The van der Waals surface area contributed by atoms with E-state index in [1.165, 1.54) is 6.21 Å². The molecular weight excluding hydrogens is 450 g/mol. The molecular formula is C25H25N5O3S. The highest BCUT2D eigenvalue weighted by Gasteiger charge is 2.20. The number of aromatic nitrogens is 3. The fourth-order valence-electron chi connectivity index (χ4n) is 4.14. The van der Waals surface area contributed by atoms with E-state index in [4.69, 9.17) is 15.1 Å². The van der Waals surface area contributed by atoms with Crippen molar-refractivity contribution in [1.29, 1.82) is 5.41 Å². The second-order valence-corrected chi connectivity index (χ2v) is 10.4. The molecule has 1 fully saturated rings. The van der Waals surface area contributed by atoms with Crippen LogP contribution in [0.5, 0.6) is 0 Å². The Hall–Kier alpha value is -3.56. The number of nitrogens with one attached hydrogen (secondary N) is 2. The van der Waals surface area contributed by atoms with Crippen molar-refractivity contribution < 1.29 is 13.2 Å². The number of rotatable bonds is 7. The fourth-order valence-corrected chi connectivity index (χ4v) is 5.52. The topological polar surface area (TPSA) is 112 Å². The lowest BCUT2D eigenvalue weighted by molar-refractivity contribution is 0.122. The predicted octanol–water partition coefficient (Wildman–Crippen LogP) is 3.57. The molecule has 4 aromatic rings. The van der Waals surface area contributed by atoms with Gasteiger partial charge in [-0.25, -0.2) is 18.4 Å². The van der Waals surface area contributed by atoms with Crippen LogP contribution < -0.4 is 4.90 Å². The molecule has 0 unspecified atom stereocenters. The lowest BCUT2D eigenvalue weighted by Gasteiger charge is -2.28. The summed E-state index contributed by atoms with van der Waals surface area (Å²) < 4.78 is 31.6. The summed E-state index contributed by atoms with van der Waals surface area (Å²) in [6.45, 7) is 2.59. The number of H-pyrrole nitrogens is 1. The van der Waals surface area contributed by atoms with Crippen molar-refractivity contribution in [2.24, 2.45) is 0 Å². The number of aromatic amines is 1. The van der Waals surface area contributed by atoms with Crippen LogP contribution in [0.1, 0.15) is 16.8 Å². The number of nitrogens with zero attached hydrogens (tertiary/aromatic N) is 3. The highest BCUT2D eigenvalue weighted by atomic mass is 32.2. The van der Waals surface area contributed by atoms with Gasteiger partial charge < -0.3 is 20.0 Å². The fraction of sp³-hybridized carbons (Fsp3) is 0.240. The van der Waals surface area contributed by atoms with Crippen LogP contribution in [-0.4, -0.2) is 55.9 Å². The van der Waals surface area contributed by atoms with E-state index >= 15 is 0 Å². The minimum atomic E-state index is -3.50. The van der Waals surface area contributed by atoms with E-state index in [9.17, 15) is 8.42 Å². The van der Waals surface area contributed by atoms with Gasteiger partial charge >= 0.3 is 0 Å². The number of fused-ring (bicyclic) bond motifs is 1. The van der Waals surface area contributed by atoms with Gasteiger partial charge in [0, 0.05) is 48.0 Å². The molecule has 2 aromatic heterocycles. The Morgan fingerprint density at radius 3 is 2.71 bits per heavy atom. The molecule has 34 heavy (non-hydrogen) atoms. The molecule has 9 heteroatoms. The zero-order valence-electron chi connectivity index (χ0n) is 18.6. The third kappa shape index (κ3) is 5.00. The van der Waals surface area contributed by atoms with Gasteiger partial charge in [-0.05, 0) is 41.5 Å². The van der Waals surface area contributed by atoms with Crippen molar-refractivity contribution in [3.05, 3.63) is 77.6 Å². The maximum absolute atomic E-state index is 13.1. The van der Waals surface area contributed by atoms with Crippen LogP contribution in [0.15, 0.2) is 60.8 Å². The van der Waals surface area contributed by atoms with Gasteiger partial charge in [0.1, 0.15) is 5.82 Å². The van der Waals surface area contributed by atoms with Crippen molar-refractivity contribution in [2.45, 2.75) is 11.5 Å². The van der Waals surface area contributed by atoms with Gasteiger partial charge in [0.05, 0.1) is 30.4 Å². The van der Waals surface area contributed by atoms with Crippen molar-refractivity contribution in [1.82, 2.24) is 15.0 Å². The summed E-state index contributed by atoms with van der Waals surface area (Å²) in [6.07, 6.45) is 3.09. The number of morpholine rings is 1. The Balaban J connectivity index is 1.49. The molecule has 0 spiro atoms. The highest BCUT2D eigenvalue weighted by molar-refractivity contribution is 7.89. The van der Waals surface area contributed by atoms with E-state index in [0.717, 1.165) is 16.5 Å². The number of hydrogen-bond donors (Lipinski definition) is 2. The molecule has 0 amide bonds. The Labute approximate surface area is 198 Å². The van der Waals surface area contributed by atoms with Gasteiger partial charge in [-0.15, -0.1) is 0 Å². The van der Waals surface area contributed by atoms with Crippen LogP contribution in [0.25, 0.3) is 22.3 Å². The van der Waals surface area contributed by atoms with Gasteiger partial charge in [0.2, 0.25) is 0 Å². The molecule has 174 valence electrons. The van der Waals surface area contributed by atoms with Crippen LogP contribution in [0.3, 0.4) is 0 Å². The molecule has 0 radical (unpaired) electrons. The predicted molar refractivity (Wildman–Crippen MR) is 133 cm³/mol. The summed E-state index contributed by atoms with van der Waals surface area (Å²) in [4.78, 5) is 14.7. The number of anilines is 1. The minimum Gasteiger partial charge on any atom is -0.378 e. The van der Waals surface area contributed by atoms with Gasteiger partial charge in [-0.3, -0.25) is 0 Å². The molecule has 0 bridgehead atoms. The van der Waals surface area contributed by atoms with Gasteiger partial charge in [0.15, 0.2) is 15.7 Å². The van der Waals surface area contributed by atoms with E-state index in [1.54, 1.807) is 30.3 Å². The molecule has 0 atom stereocenters. The molecule has 1 aliphatic rings. The molecule has 1 aliphatic heterocycles. The van der Waals surface area contributed by atoms with Crippen molar-refractivity contribution in [3.8, 4) is 11.4 Å². The summed E-state index contributed by atoms with van der Waals surface area (Å²) in [6, 6.07) is 16.7. The van der Waals surface area contributed by atoms with Gasteiger partial charge in [-0.1, -0.05) is 18.2 Å². The third-order valence-electron chi connectivity index (χ3n) is 5.78. The maximum atomic E-state index is 13.1. The molecule has 0 saturated carbocycles. The lowest BCUT2D eigenvalue weighted by Crippen LogP contribution is -2.37. The summed E-state index contributed by atoms with van der Waals surface area (Å²) in [7, 11) is -3.50. The monoisotopic (exact) mass is 475 g/mol. The van der Waals surface area contributed by atoms with Crippen LogP contribution in [0.2, 0.25) is 0 Å². The summed E-state index contributed by atoms with van der Waals surface area (Å²) in [5.74, 6) is 0.902. The second-order valence-electron chi connectivity index (χ2n) is 8.34. The van der Waals surface area contributed by atoms with Crippen LogP contribution in [0.4, 0.5) is 5.82 Å². The van der Waals surface area contributed by atoms with E-state index in [0.29, 0.717) is 54.8 Å². The standard InChI is InChI=1S/C25H25N5O3S/c26-15-18-2-1-3-19(12-18)16-34(31,32)17-22-14-24(30-8-10-33-11-9-30)29-25(28-22)21-4-5-23-20(13-21)6-7-27-23/h1-7,12-15,26-27H,8-11,16-17H2. The number of ether oxygens (including phenoxy) is 1. The average Bonchev–Trinajstić information content (AvgIpc) is 3.32. The minimum absolute atomic E-state index is 0.115. The Morgan fingerprint density at radius 1 is 1.03 bits per heavy atom. The van der Waals surface area contributed by atoms with Crippen LogP contribution in [-0.2, 0) is 26.1 Å². The zero-order valence-corrected chi connectivity index (χ0v) is 19.4. The van der Waals surface area contributed by atoms with E-state index < -0.39 is 9.84 Å². The first-order chi connectivity index (χ1) is 16.5. The Bertz CT molecular complexity index is 1440. The molecule has 5 rings (SSSR count). The smallest absolute Gasteiger partial charge is 0.161 e. The van der Waals surface area contributed by atoms with Crippen molar-refractivity contribution in [3.63, 3.8) is 0 Å². The SMILES string of the molecule is N=Cc1cccc(CS(=O)(=O)Cc2cc(N3CCOCC3)nc(-c3ccc4[nH]ccc4c3)n2)c1. The normalized spacial score (nSPS) is 14.4. The second kappa shape index (κ2) is 9.36. The summed E-state index contributed by atoms with van der Waals surface area (Å²) in [5.41, 5.74) is 3.64. The summed E-state index contributed by atoms with van der Waals surface area (Å²) in [5, 5.41) is 8.45. The Kier molecular flexibility index (Phi) is 6.12. The first-order valence-corrected chi connectivity index (χ1v) is 12.9. The Morgan fingerprint density at radius 2 is 1.88 bits per heavy atom. The molecule has 3 heterocycles. The van der Waals surface area contributed by atoms with E-state index in [-0.39, 0.29) is 11.5 Å². The number of sulfone groups is 1. The van der Waals surface area contributed by atoms with Gasteiger partial charge in [-0.2, -0.15) is 0 Å². The first-order valence-electron chi connectivity index (χ1n) is 11.1. The van der Waals surface area contributed by atoms with Crippen LogP contribution in [0, 0.1) is 5.41 Å². The summed E-state index contributed by atoms with van der Waals surface area (Å²) >= 11 is 0. The lowest BCUT2D eigenvalue weighted by atomic mass is 10.1. The largest absolute Gasteiger partial charge is 0.378 e. The highest BCUT2D eigenvalue weighted by Crippen LogP contribution is 2.25. The van der Waals surface area contributed by atoms with E-state index in [2.05, 4.69) is 14.9 Å². The van der Waals surface area contributed by atoms with Crippen molar-refractivity contribution in [2.75, 3.05) is 31.2 Å². The molecule has 2 N–H and O–H groups in total.